The standard InChI is InChI=1S/C9H16N2O3/c1-3-6-11(2)9(14)7(10)4-5-8(12)13/h3,7H,1,4-6,10H2,2H3,(H,12,13). The van der Waals surface area contributed by atoms with E-state index in [1.807, 2.05) is 0 Å². The summed E-state index contributed by atoms with van der Waals surface area (Å²) in [5.41, 5.74) is 5.51. The van der Waals surface area contributed by atoms with Crippen LogP contribution in [-0.2, 0) is 9.59 Å². The van der Waals surface area contributed by atoms with Gasteiger partial charge in [-0.1, -0.05) is 6.08 Å². The Kier molecular flexibility index (Phi) is 5.55. The molecule has 1 atom stereocenters. The Hall–Kier alpha value is -1.36. The van der Waals surface area contributed by atoms with Crippen LogP contribution in [0.1, 0.15) is 12.8 Å². The third-order valence-corrected chi connectivity index (χ3v) is 1.77. The van der Waals surface area contributed by atoms with Crippen molar-refractivity contribution in [3.05, 3.63) is 12.7 Å². The molecule has 0 spiro atoms. The van der Waals surface area contributed by atoms with Crippen molar-refractivity contribution < 1.29 is 14.7 Å². The van der Waals surface area contributed by atoms with E-state index >= 15 is 0 Å². The minimum Gasteiger partial charge on any atom is -0.481 e. The lowest BCUT2D eigenvalue weighted by Crippen LogP contribution is -2.42. The first-order chi connectivity index (χ1) is 6.49. The number of amides is 1. The molecule has 0 aromatic carbocycles. The third-order valence-electron chi connectivity index (χ3n) is 1.77. The second kappa shape index (κ2) is 6.15. The maximum Gasteiger partial charge on any atom is 0.303 e. The Morgan fingerprint density at radius 1 is 1.64 bits per heavy atom. The summed E-state index contributed by atoms with van der Waals surface area (Å²) in [6.45, 7) is 3.90. The molecule has 14 heavy (non-hydrogen) atoms. The zero-order chi connectivity index (χ0) is 11.1. The summed E-state index contributed by atoms with van der Waals surface area (Å²) in [4.78, 5) is 23.0. The molecule has 5 nitrogen and oxygen atoms in total. The van der Waals surface area contributed by atoms with Gasteiger partial charge in [-0.3, -0.25) is 9.59 Å². The first kappa shape index (κ1) is 12.6. The highest BCUT2D eigenvalue weighted by Gasteiger charge is 2.17. The second-order valence-electron chi connectivity index (χ2n) is 3.05. The number of carbonyl (C=O) groups is 2. The minimum absolute atomic E-state index is 0.0885. The number of carboxylic acids is 1. The van der Waals surface area contributed by atoms with Crippen LogP contribution < -0.4 is 5.73 Å². The fourth-order valence-electron chi connectivity index (χ4n) is 0.969. The summed E-state index contributed by atoms with van der Waals surface area (Å²) >= 11 is 0. The van der Waals surface area contributed by atoms with E-state index in [1.165, 1.54) is 4.90 Å². The van der Waals surface area contributed by atoms with E-state index in [4.69, 9.17) is 10.8 Å². The summed E-state index contributed by atoms with van der Waals surface area (Å²) in [6, 6.07) is -0.740. The van der Waals surface area contributed by atoms with Gasteiger partial charge in [0.05, 0.1) is 6.04 Å². The van der Waals surface area contributed by atoms with Gasteiger partial charge in [0.2, 0.25) is 5.91 Å². The smallest absolute Gasteiger partial charge is 0.303 e. The molecule has 0 aliphatic heterocycles. The van der Waals surface area contributed by atoms with Crippen molar-refractivity contribution in [2.45, 2.75) is 18.9 Å². The van der Waals surface area contributed by atoms with Gasteiger partial charge in [-0.25, -0.2) is 0 Å². The predicted octanol–water partition coefficient (Wildman–Crippen LogP) is -0.177. The van der Waals surface area contributed by atoms with Crippen LogP contribution in [0.5, 0.6) is 0 Å². The number of carboxylic acid groups (broad SMARTS) is 1. The summed E-state index contributed by atoms with van der Waals surface area (Å²) in [5, 5.41) is 8.39. The molecule has 5 heteroatoms. The van der Waals surface area contributed by atoms with Crippen LogP contribution in [-0.4, -0.2) is 41.5 Å². The normalized spacial score (nSPS) is 11.9. The van der Waals surface area contributed by atoms with Crippen LogP contribution in [0.25, 0.3) is 0 Å². The highest BCUT2D eigenvalue weighted by Crippen LogP contribution is 1.98. The number of carbonyl (C=O) groups excluding carboxylic acids is 1. The number of likely N-dealkylation sites (N-methyl/N-ethyl adjacent to an activating group) is 1. The van der Waals surface area contributed by atoms with E-state index < -0.39 is 12.0 Å². The zero-order valence-electron chi connectivity index (χ0n) is 8.27. The van der Waals surface area contributed by atoms with Gasteiger partial charge in [-0.05, 0) is 6.42 Å². The summed E-state index contributed by atoms with van der Waals surface area (Å²) in [5.74, 6) is -1.20. The molecule has 1 unspecified atom stereocenters. The maximum absolute atomic E-state index is 11.4. The van der Waals surface area contributed by atoms with E-state index in [1.54, 1.807) is 13.1 Å². The van der Waals surface area contributed by atoms with Crippen LogP contribution in [0.4, 0.5) is 0 Å². The SMILES string of the molecule is C=CCN(C)C(=O)C(N)CCC(=O)O. The Labute approximate surface area is 83.2 Å². The fraction of sp³-hybridized carbons (Fsp3) is 0.556. The Bertz CT molecular complexity index is 228. The Morgan fingerprint density at radius 2 is 2.21 bits per heavy atom. The van der Waals surface area contributed by atoms with Crippen LogP contribution in [0.3, 0.4) is 0 Å². The van der Waals surface area contributed by atoms with Crippen LogP contribution in [0, 0.1) is 0 Å². The van der Waals surface area contributed by atoms with Crippen molar-refractivity contribution >= 4 is 11.9 Å². The molecule has 0 aromatic rings. The molecule has 0 aromatic heterocycles. The van der Waals surface area contributed by atoms with Gasteiger partial charge >= 0.3 is 5.97 Å². The number of hydrogen-bond acceptors (Lipinski definition) is 3. The molecule has 0 fully saturated rings. The summed E-state index contributed by atoms with van der Waals surface area (Å²) in [7, 11) is 1.60. The number of nitrogens with two attached hydrogens (primary N) is 1. The molecule has 80 valence electrons. The molecule has 1 amide bonds. The van der Waals surface area contributed by atoms with Crippen molar-refractivity contribution in [2.24, 2.45) is 5.73 Å². The highest BCUT2D eigenvalue weighted by atomic mass is 16.4. The van der Waals surface area contributed by atoms with Crippen molar-refractivity contribution in [2.75, 3.05) is 13.6 Å². The lowest BCUT2D eigenvalue weighted by molar-refractivity contribution is -0.137. The largest absolute Gasteiger partial charge is 0.481 e. The van der Waals surface area contributed by atoms with Gasteiger partial charge in [-0.15, -0.1) is 6.58 Å². The average Bonchev–Trinajstić information content (AvgIpc) is 2.13. The minimum atomic E-state index is -0.945. The van der Waals surface area contributed by atoms with Gasteiger partial charge in [0.15, 0.2) is 0 Å². The fourth-order valence-corrected chi connectivity index (χ4v) is 0.969. The zero-order valence-corrected chi connectivity index (χ0v) is 8.27. The van der Waals surface area contributed by atoms with E-state index in [0.29, 0.717) is 6.54 Å². The van der Waals surface area contributed by atoms with Crippen molar-refractivity contribution in [3.63, 3.8) is 0 Å². The Morgan fingerprint density at radius 3 is 2.64 bits per heavy atom. The molecule has 0 saturated carbocycles. The first-order valence-corrected chi connectivity index (χ1v) is 4.32. The number of rotatable bonds is 6. The number of nitrogens with zero attached hydrogens (tertiary/aromatic N) is 1. The second-order valence-corrected chi connectivity index (χ2v) is 3.05. The lowest BCUT2D eigenvalue weighted by Gasteiger charge is -2.19. The van der Waals surface area contributed by atoms with Gasteiger partial charge in [0.1, 0.15) is 0 Å². The van der Waals surface area contributed by atoms with Gasteiger partial charge in [0, 0.05) is 20.0 Å². The maximum atomic E-state index is 11.4. The molecule has 0 aliphatic carbocycles. The van der Waals surface area contributed by atoms with E-state index in [-0.39, 0.29) is 18.7 Å². The molecule has 0 aliphatic rings. The summed E-state index contributed by atoms with van der Waals surface area (Å²) in [6.07, 6.45) is 1.66. The van der Waals surface area contributed by atoms with Gasteiger partial charge in [-0.2, -0.15) is 0 Å². The first-order valence-electron chi connectivity index (χ1n) is 4.32. The van der Waals surface area contributed by atoms with Crippen molar-refractivity contribution in [1.29, 1.82) is 0 Å². The molecule has 0 heterocycles. The third kappa shape index (κ3) is 4.61. The van der Waals surface area contributed by atoms with Crippen LogP contribution >= 0.6 is 0 Å². The lowest BCUT2D eigenvalue weighted by atomic mass is 10.1. The summed E-state index contributed by atoms with van der Waals surface area (Å²) < 4.78 is 0. The van der Waals surface area contributed by atoms with E-state index in [2.05, 4.69) is 6.58 Å². The number of hydrogen-bond donors (Lipinski definition) is 2. The van der Waals surface area contributed by atoms with Crippen molar-refractivity contribution in [3.8, 4) is 0 Å². The molecular formula is C9H16N2O3. The topological polar surface area (TPSA) is 83.6 Å². The van der Waals surface area contributed by atoms with E-state index in [0.717, 1.165) is 0 Å². The van der Waals surface area contributed by atoms with Gasteiger partial charge < -0.3 is 15.7 Å². The highest BCUT2D eigenvalue weighted by molar-refractivity contribution is 5.82. The molecule has 0 radical (unpaired) electrons. The number of aliphatic carboxylic acids is 1. The monoisotopic (exact) mass is 200 g/mol. The van der Waals surface area contributed by atoms with E-state index in [9.17, 15) is 9.59 Å². The van der Waals surface area contributed by atoms with Crippen molar-refractivity contribution in [1.82, 2.24) is 4.90 Å². The van der Waals surface area contributed by atoms with Crippen LogP contribution in [0.15, 0.2) is 12.7 Å². The average molecular weight is 200 g/mol. The molecular weight excluding hydrogens is 184 g/mol. The quantitative estimate of drug-likeness (QED) is 0.583. The molecule has 0 bridgehead atoms. The van der Waals surface area contributed by atoms with Crippen LogP contribution in [0.2, 0.25) is 0 Å². The van der Waals surface area contributed by atoms with Gasteiger partial charge in [0.25, 0.3) is 0 Å². The molecule has 3 N–H and O–H groups in total. The predicted molar refractivity (Wildman–Crippen MR) is 52.7 cm³/mol. The molecule has 0 rings (SSSR count). The Balaban J connectivity index is 3.97. The molecule has 0 saturated heterocycles.